The largest absolute Gasteiger partial charge is 0.298 e. The van der Waals surface area contributed by atoms with Crippen LogP contribution in [0.15, 0.2) is 45.1 Å². The van der Waals surface area contributed by atoms with E-state index < -0.39 is 0 Å². The number of thiophene rings is 1. The second kappa shape index (κ2) is 6.50. The Kier molecular flexibility index (Phi) is 4.97. The Morgan fingerprint density at radius 3 is 2.61 bits per heavy atom. The van der Waals surface area contributed by atoms with Crippen molar-refractivity contribution in [3.8, 4) is 0 Å². The Morgan fingerprint density at radius 2 is 2.00 bits per heavy atom. The van der Waals surface area contributed by atoms with Gasteiger partial charge in [0.25, 0.3) is 0 Å². The Balaban J connectivity index is 1.85. The fourth-order valence-electron chi connectivity index (χ4n) is 1.38. The first-order valence-electron chi connectivity index (χ1n) is 5.27. The van der Waals surface area contributed by atoms with Crippen LogP contribution in [0.2, 0.25) is 0 Å². The number of rotatable bonds is 5. The molecule has 0 radical (unpaired) electrons. The highest BCUT2D eigenvalue weighted by Crippen LogP contribution is 2.24. The van der Waals surface area contributed by atoms with Crippen LogP contribution in [0, 0.1) is 5.82 Å². The van der Waals surface area contributed by atoms with Crippen molar-refractivity contribution in [2.45, 2.75) is 11.3 Å². The molecule has 0 saturated carbocycles. The molecule has 0 aliphatic rings. The molecule has 0 aliphatic carbocycles. The van der Waals surface area contributed by atoms with E-state index in [2.05, 4.69) is 15.9 Å². The highest BCUT2D eigenvalue weighted by Gasteiger charge is 2.08. The van der Waals surface area contributed by atoms with E-state index in [1.807, 2.05) is 11.4 Å². The minimum atomic E-state index is -0.256. The maximum absolute atomic E-state index is 12.7. The van der Waals surface area contributed by atoms with Crippen molar-refractivity contribution in [3.05, 3.63) is 50.9 Å². The molecule has 0 N–H and O–H groups in total. The Hall–Kier alpha value is -0.650. The van der Waals surface area contributed by atoms with Crippen molar-refractivity contribution in [1.29, 1.82) is 0 Å². The number of hydrogen-bond acceptors (Lipinski definition) is 3. The summed E-state index contributed by atoms with van der Waals surface area (Å²) in [5.74, 6) is 0.330. The molecule has 5 heteroatoms. The van der Waals surface area contributed by atoms with E-state index in [1.54, 1.807) is 23.5 Å². The molecule has 0 amide bonds. The molecule has 0 spiro atoms. The molecule has 0 saturated heterocycles. The third-order valence-electron chi connectivity index (χ3n) is 2.26. The second-order valence-corrected chi connectivity index (χ2v) is 6.55. The number of hydrogen-bond donors (Lipinski definition) is 0. The summed E-state index contributed by atoms with van der Waals surface area (Å²) in [7, 11) is 0. The van der Waals surface area contributed by atoms with Gasteiger partial charge in [-0.2, -0.15) is 0 Å². The molecule has 0 atom stereocenters. The number of ketones is 1. The highest BCUT2D eigenvalue weighted by molar-refractivity contribution is 9.10. The minimum absolute atomic E-state index is 0.174. The molecular weight excluding hydrogens is 335 g/mol. The zero-order valence-electron chi connectivity index (χ0n) is 9.36. The number of carbonyl (C=O) groups excluding carboxylic acids is 1. The van der Waals surface area contributed by atoms with Gasteiger partial charge >= 0.3 is 0 Å². The van der Waals surface area contributed by atoms with Gasteiger partial charge in [0.2, 0.25) is 0 Å². The average Bonchev–Trinajstić information content (AvgIpc) is 2.74. The molecular formula is C13H10BrFOS2. The van der Waals surface area contributed by atoms with Crippen LogP contribution in [0.4, 0.5) is 4.39 Å². The van der Waals surface area contributed by atoms with Crippen LogP contribution in [-0.4, -0.2) is 11.5 Å². The summed E-state index contributed by atoms with van der Waals surface area (Å²) in [4.78, 5) is 13.8. The van der Waals surface area contributed by atoms with Crippen LogP contribution in [0.3, 0.4) is 0 Å². The topological polar surface area (TPSA) is 17.1 Å². The van der Waals surface area contributed by atoms with Gasteiger partial charge in [-0.05, 0) is 51.6 Å². The van der Waals surface area contributed by atoms with Gasteiger partial charge in [-0.25, -0.2) is 4.39 Å². The minimum Gasteiger partial charge on any atom is -0.298 e. The van der Waals surface area contributed by atoms with Crippen molar-refractivity contribution >= 4 is 44.8 Å². The average molecular weight is 345 g/mol. The predicted octanol–water partition coefficient (Wildman–Crippen LogP) is 4.55. The van der Waals surface area contributed by atoms with Gasteiger partial charge in [-0.1, -0.05) is 0 Å². The van der Waals surface area contributed by atoms with Crippen molar-refractivity contribution < 1.29 is 9.18 Å². The third-order valence-corrected chi connectivity index (χ3v) is 5.26. The molecule has 0 fully saturated rings. The zero-order valence-corrected chi connectivity index (χ0v) is 12.6. The Morgan fingerprint density at radius 1 is 1.28 bits per heavy atom. The van der Waals surface area contributed by atoms with E-state index in [-0.39, 0.29) is 11.6 Å². The van der Waals surface area contributed by atoms with Crippen LogP contribution < -0.4 is 0 Å². The van der Waals surface area contributed by atoms with Crippen molar-refractivity contribution in [1.82, 2.24) is 0 Å². The summed E-state index contributed by atoms with van der Waals surface area (Å²) >= 11 is 6.42. The van der Waals surface area contributed by atoms with Crippen molar-refractivity contribution in [2.24, 2.45) is 0 Å². The molecule has 2 rings (SSSR count). The highest BCUT2D eigenvalue weighted by atomic mass is 79.9. The van der Waals surface area contributed by atoms with Crippen LogP contribution in [-0.2, 0) is 11.2 Å². The number of benzene rings is 1. The summed E-state index contributed by atoms with van der Waals surface area (Å²) < 4.78 is 13.7. The first-order valence-corrected chi connectivity index (χ1v) is 7.93. The first-order chi connectivity index (χ1) is 8.65. The standard InChI is InChI=1S/C13H10BrFOS2/c14-12-5-6-17-13(12)7-10(16)8-18-11-3-1-9(15)2-4-11/h1-6H,7-8H2. The molecule has 18 heavy (non-hydrogen) atoms. The van der Waals surface area contributed by atoms with Gasteiger partial charge < -0.3 is 0 Å². The fraction of sp³-hybridized carbons (Fsp3) is 0.154. The van der Waals surface area contributed by atoms with Crippen LogP contribution in [0.5, 0.6) is 0 Å². The molecule has 0 bridgehead atoms. The maximum Gasteiger partial charge on any atom is 0.148 e. The molecule has 1 nitrogen and oxygen atoms in total. The molecule has 1 aromatic carbocycles. The molecule has 94 valence electrons. The first kappa shape index (κ1) is 13.8. The van der Waals surface area contributed by atoms with Crippen LogP contribution in [0.25, 0.3) is 0 Å². The molecule has 1 aromatic heterocycles. The summed E-state index contributed by atoms with van der Waals surface area (Å²) in [6, 6.07) is 8.13. The lowest BCUT2D eigenvalue weighted by atomic mass is 10.3. The smallest absolute Gasteiger partial charge is 0.148 e. The summed E-state index contributed by atoms with van der Waals surface area (Å²) in [6.45, 7) is 0. The summed E-state index contributed by atoms with van der Waals surface area (Å²) in [5, 5.41) is 1.96. The summed E-state index contributed by atoms with van der Waals surface area (Å²) in [6.07, 6.45) is 0.451. The summed E-state index contributed by atoms with van der Waals surface area (Å²) in [5.41, 5.74) is 0. The second-order valence-electron chi connectivity index (χ2n) is 3.65. The van der Waals surface area contributed by atoms with Gasteiger partial charge in [0.05, 0.1) is 5.75 Å². The quantitative estimate of drug-likeness (QED) is 0.740. The van der Waals surface area contributed by atoms with E-state index in [4.69, 9.17) is 0 Å². The third kappa shape index (κ3) is 3.93. The number of halogens is 2. The lowest BCUT2D eigenvalue weighted by Crippen LogP contribution is -2.04. The maximum atomic E-state index is 12.7. The Labute approximate surface area is 122 Å². The van der Waals surface area contributed by atoms with Gasteiger partial charge in [0.15, 0.2) is 0 Å². The van der Waals surface area contributed by atoms with E-state index in [9.17, 15) is 9.18 Å². The van der Waals surface area contributed by atoms with E-state index in [1.165, 1.54) is 23.9 Å². The van der Waals surface area contributed by atoms with Crippen LogP contribution in [0.1, 0.15) is 4.88 Å². The van der Waals surface area contributed by atoms with E-state index >= 15 is 0 Å². The predicted molar refractivity (Wildman–Crippen MR) is 77.9 cm³/mol. The Bertz CT molecular complexity index is 536. The monoisotopic (exact) mass is 344 g/mol. The zero-order chi connectivity index (χ0) is 13.0. The van der Waals surface area contributed by atoms with Crippen molar-refractivity contribution in [3.63, 3.8) is 0 Å². The SMILES string of the molecule is O=C(CSc1ccc(F)cc1)Cc1sccc1Br. The van der Waals surface area contributed by atoms with Gasteiger partial charge in [-0.15, -0.1) is 23.1 Å². The lowest BCUT2D eigenvalue weighted by molar-refractivity contribution is -0.115. The molecule has 1 heterocycles. The van der Waals surface area contributed by atoms with Gasteiger partial charge in [0, 0.05) is 20.7 Å². The normalized spacial score (nSPS) is 10.6. The molecule has 0 aliphatic heterocycles. The number of carbonyl (C=O) groups is 1. The lowest BCUT2D eigenvalue weighted by Gasteiger charge is -2.01. The molecule has 2 aromatic rings. The van der Waals surface area contributed by atoms with E-state index in [0.29, 0.717) is 12.2 Å². The van der Waals surface area contributed by atoms with Gasteiger partial charge in [0.1, 0.15) is 11.6 Å². The van der Waals surface area contributed by atoms with Crippen molar-refractivity contribution in [2.75, 3.05) is 5.75 Å². The number of thioether (sulfide) groups is 1. The van der Waals surface area contributed by atoms with Gasteiger partial charge in [-0.3, -0.25) is 4.79 Å². The fourth-order valence-corrected chi connectivity index (χ4v) is 3.66. The van der Waals surface area contributed by atoms with Crippen LogP contribution >= 0.6 is 39.0 Å². The number of Topliss-reactive ketones (excluding diaryl/α,β-unsaturated/α-hetero) is 1. The van der Waals surface area contributed by atoms with E-state index in [0.717, 1.165) is 14.2 Å². The molecule has 0 unspecified atom stereocenters.